The van der Waals surface area contributed by atoms with Crippen molar-refractivity contribution in [2.45, 2.75) is 19.3 Å². The maximum absolute atomic E-state index is 13.3. The van der Waals surface area contributed by atoms with Gasteiger partial charge in [0.15, 0.2) is 0 Å². The number of rotatable bonds is 2. The Bertz CT molecular complexity index is 550. The normalized spacial score (nSPS) is 17.4. The first kappa shape index (κ1) is 13.3. The molecule has 1 aromatic carbocycles. The van der Waals surface area contributed by atoms with Gasteiger partial charge in [-0.2, -0.15) is 0 Å². The number of nitrogens with one attached hydrogen (secondary N) is 1. The van der Waals surface area contributed by atoms with Crippen LogP contribution in [0.3, 0.4) is 0 Å². The fraction of sp³-hybridized carbons (Fsp3) is 0.273. The second-order valence-electron chi connectivity index (χ2n) is 4.27. The molecular weight excluding hydrogens is 256 g/mol. The van der Waals surface area contributed by atoms with Crippen molar-refractivity contribution in [2.75, 3.05) is 0 Å². The lowest BCUT2D eigenvalue weighted by molar-refractivity contribution is -0.119. The zero-order valence-corrected chi connectivity index (χ0v) is 10.0. The third-order valence-electron chi connectivity index (χ3n) is 2.77. The molecule has 0 bridgehead atoms. The molecule has 1 aromatic rings. The molecule has 0 saturated carbocycles. The molecule has 100 valence electrons. The molecular formula is C11H11BFNO5. The van der Waals surface area contributed by atoms with Crippen LogP contribution < -0.4 is 9.97 Å². The molecule has 1 amide bonds. The number of carboxylic acids is 1. The Hall–Kier alpha value is -2.09. The lowest BCUT2D eigenvalue weighted by Gasteiger charge is -2.28. The highest BCUT2D eigenvalue weighted by atomic mass is 19.1. The third-order valence-corrected chi connectivity index (χ3v) is 2.77. The first-order valence-electron chi connectivity index (χ1n) is 5.56. The van der Waals surface area contributed by atoms with E-state index in [0.29, 0.717) is 5.56 Å². The van der Waals surface area contributed by atoms with Gasteiger partial charge in [-0.25, -0.2) is 9.18 Å². The molecule has 19 heavy (non-hydrogen) atoms. The van der Waals surface area contributed by atoms with E-state index in [2.05, 4.69) is 5.32 Å². The van der Waals surface area contributed by atoms with Crippen molar-refractivity contribution in [1.29, 1.82) is 0 Å². The summed E-state index contributed by atoms with van der Waals surface area (Å²) in [5.41, 5.74) is -0.0585. The first-order chi connectivity index (χ1) is 8.88. The zero-order valence-electron chi connectivity index (χ0n) is 10.0. The summed E-state index contributed by atoms with van der Waals surface area (Å²) in [7, 11) is -1.38. The Morgan fingerprint density at radius 1 is 1.53 bits per heavy atom. The van der Waals surface area contributed by atoms with Gasteiger partial charge < -0.3 is 20.1 Å². The Morgan fingerprint density at radius 2 is 2.21 bits per heavy atom. The van der Waals surface area contributed by atoms with E-state index in [1.807, 2.05) is 0 Å². The van der Waals surface area contributed by atoms with E-state index < -0.39 is 24.8 Å². The molecule has 0 aromatic heterocycles. The number of halogens is 1. The smallest absolute Gasteiger partial charge is 0.534 e. The molecule has 0 fully saturated rings. The van der Waals surface area contributed by atoms with Gasteiger partial charge in [0.05, 0.1) is 5.94 Å². The van der Waals surface area contributed by atoms with Crippen molar-refractivity contribution in [3.63, 3.8) is 0 Å². The van der Waals surface area contributed by atoms with E-state index in [9.17, 15) is 19.0 Å². The monoisotopic (exact) mass is 267 g/mol. The van der Waals surface area contributed by atoms with Crippen molar-refractivity contribution < 1.29 is 28.8 Å². The van der Waals surface area contributed by atoms with Gasteiger partial charge in [-0.15, -0.1) is 0 Å². The lowest BCUT2D eigenvalue weighted by Crippen LogP contribution is -2.52. The van der Waals surface area contributed by atoms with Gasteiger partial charge >= 0.3 is 13.1 Å². The third kappa shape index (κ3) is 2.68. The standard InChI is InChI=1S/C11H11BFNO5/c1-5(15)14-9-3-6-2-7(13)4-8(11(16)17)10(6)19-12(9)18/h2,4,9,18H,3H2,1H3,(H,14,15)(H,16,17)/t9-/m0/s1. The molecule has 0 unspecified atom stereocenters. The summed E-state index contributed by atoms with van der Waals surface area (Å²) in [5.74, 6) is -3.24. The Morgan fingerprint density at radius 3 is 2.79 bits per heavy atom. The molecule has 0 saturated heterocycles. The average molecular weight is 267 g/mol. The van der Waals surface area contributed by atoms with Crippen LogP contribution in [0.2, 0.25) is 0 Å². The van der Waals surface area contributed by atoms with Crippen molar-refractivity contribution in [1.82, 2.24) is 5.32 Å². The maximum Gasteiger partial charge on any atom is 0.547 e. The molecule has 0 radical (unpaired) electrons. The van der Waals surface area contributed by atoms with E-state index in [1.165, 1.54) is 6.92 Å². The summed E-state index contributed by atoms with van der Waals surface area (Å²) < 4.78 is 18.4. The molecule has 0 spiro atoms. The van der Waals surface area contributed by atoms with E-state index in [-0.39, 0.29) is 23.6 Å². The van der Waals surface area contributed by atoms with Gasteiger partial charge in [-0.3, -0.25) is 4.79 Å². The molecule has 8 heteroatoms. The van der Waals surface area contributed by atoms with E-state index in [1.54, 1.807) is 0 Å². The van der Waals surface area contributed by atoms with Gasteiger partial charge in [0.2, 0.25) is 5.91 Å². The quantitative estimate of drug-likeness (QED) is 0.654. The number of hydrogen-bond donors (Lipinski definition) is 3. The SMILES string of the molecule is CC(=O)N[C@H]1Cc2cc(F)cc(C(=O)O)c2OB1O. The van der Waals surface area contributed by atoms with Crippen molar-refractivity contribution in [3.05, 3.63) is 29.1 Å². The maximum atomic E-state index is 13.3. The number of hydrogen-bond acceptors (Lipinski definition) is 4. The number of carboxylic acid groups (broad SMARTS) is 1. The summed E-state index contributed by atoms with van der Waals surface area (Å²) in [5, 5.41) is 21.1. The molecule has 1 atom stereocenters. The van der Waals surface area contributed by atoms with Crippen LogP contribution in [0.4, 0.5) is 4.39 Å². The van der Waals surface area contributed by atoms with Crippen LogP contribution in [0.25, 0.3) is 0 Å². The minimum Gasteiger partial charge on any atom is -0.534 e. The highest BCUT2D eigenvalue weighted by Crippen LogP contribution is 2.31. The summed E-state index contributed by atoms with van der Waals surface area (Å²) >= 11 is 0. The van der Waals surface area contributed by atoms with Crippen LogP contribution in [0.5, 0.6) is 5.75 Å². The molecule has 6 nitrogen and oxygen atoms in total. The Labute approximate surface area is 108 Å². The molecule has 1 aliphatic rings. The van der Waals surface area contributed by atoms with Crippen molar-refractivity contribution in [2.24, 2.45) is 0 Å². The molecule has 3 N–H and O–H groups in total. The number of carbonyl (C=O) groups is 2. The largest absolute Gasteiger partial charge is 0.547 e. The molecule has 1 heterocycles. The lowest BCUT2D eigenvalue weighted by atomic mass is 9.72. The first-order valence-corrected chi connectivity index (χ1v) is 5.56. The number of benzene rings is 1. The van der Waals surface area contributed by atoms with Crippen LogP contribution in [0, 0.1) is 5.82 Å². The minimum atomic E-state index is -1.38. The Balaban J connectivity index is 2.40. The van der Waals surface area contributed by atoms with Gasteiger partial charge in [0.1, 0.15) is 17.1 Å². The molecule has 1 aliphatic heterocycles. The number of aromatic carboxylic acids is 1. The van der Waals surface area contributed by atoms with E-state index in [0.717, 1.165) is 12.1 Å². The van der Waals surface area contributed by atoms with E-state index in [4.69, 9.17) is 9.76 Å². The van der Waals surface area contributed by atoms with Crippen molar-refractivity contribution in [3.8, 4) is 5.75 Å². The van der Waals surface area contributed by atoms with Crippen LogP contribution >= 0.6 is 0 Å². The zero-order chi connectivity index (χ0) is 14.2. The summed E-state index contributed by atoms with van der Waals surface area (Å²) in [4.78, 5) is 22.0. The van der Waals surface area contributed by atoms with Gasteiger partial charge in [-0.1, -0.05) is 0 Å². The summed E-state index contributed by atoms with van der Waals surface area (Å²) in [6.45, 7) is 1.27. The second kappa shape index (κ2) is 4.89. The highest BCUT2D eigenvalue weighted by Gasteiger charge is 2.37. The minimum absolute atomic E-state index is 0.0667. The van der Waals surface area contributed by atoms with Crippen LogP contribution in [-0.2, 0) is 11.2 Å². The summed E-state index contributed by atoms with van der Waals surface area (Å²) in [6.07, 6.45) is 0.0914. The second-order valence-corrected chi connectivity index (χ2v) is 4.27. The average Bonchev–Trinajstić information content (AvgIpc) is 2.29. The Kier molecular flexibility index (Phi) is 3.43. The predicted octanol–water partition coefficient (Wildman–Crippen LogP) is -0.0168. The van der Waals surface area contributed by atoms with Crippen LogP contribution in [0.1, 0.15) is 22.8 Å². The highest BCUT2D eigenvalue weighted by molar-refractivity contribution is 6.47. The van der Waals surface area contributed by atoms with Gasteiger partial charge in [-0.05, 0) is 24.1 Å². The van der Waals surface area contributed by atoms with Crippen molar-refractivity contribution >= 4 is 19.0 Å². The van der Waals surface area contributed by atoms with E-state index >= 15 is 0 Å². The number of fused-ring (bicyclic) bond motifs is 1. The van der Waals surface area contributed by atoms with Gasteiger partial charge in [0, 0.05) is 6.92 Å². The van der Waals surface area contributed by atoms with Gasteiger partial charge in [0.25, 0.3) is 0 Å². The fourth-order valence-electron chi connectivity index (χ4n) is 2.02. The number of carbonyl (C=O) groups excluding carboxylic acids is 1. The van der Waals surface area contributed by atoms with Crippen LogP contribution in [0.15, 0.2) is 12.1 Å². The fourth-order valence-corrected chi connectivity index (χ4v) is 2.02. The molecule has 2 rings (SSSR count). The topological polar surface area (TPSA) is 95.9 Å². The molecule has 0 aliphatic carbocycles. The summed E-state index contributed by atoms with van der Waals surface area (Å²) in [6, 6.07) is 1.95. The predicted molar refractivity (Wildman–Crippen MR) is 63.3 cm³/mol. The van der Waals surface area contributed by atoms with Crippen LogP contribution in [-0.4, -0.2) is 35.1 Å². The number of amides is 1.